The minimum Gasteiger partial charge on any atom is -1.00 e. The Morgan fingerprint density at radius 2 is 0.952 bits per heavy atom. The van der Waals surface area contributed by atoms with E-state index in [9.17, 15) is 0 Å². The summed E-state index contributed by atoms with van der Waals surface area (Å²) in [5, 5.41) is 35.2. The molecule has 4 unspecified atom stereocenters. The van der Waals surface area contributed by atoms with E-state index in [1.165, 1.54) is 0 Å². The molecule has 124 valence electrons. The summed E-state index contributed by atoms with van der Waals surface area (Å²) in [4.78, 5) is 0. The van der Waals surface area contributed by atoms with Crippen molar-refractivity contribution in [2.24, 2.45) is 11.8 Å². The fourth-order valence-corrected chi connectivity index (χ4v) is 2.52. The maximum absolute atomic E-state index is 9.15. The molecule has 0 radical (unpaired) electrons. The Morgan fingerprint density at radius 3 is 1.14 bits per heavy atom. The first-order valence-electron chi connectivity index (χ1n) is 6.84. The molecule has 0 aliphatic heterocycles. The number of aliphatic hydroxyl groups is 2. The average Bonchev–Trinajstić information content (AvgIpc) is 2.41. The van der Waals surface area contributed by atoms with Gasteiger partial charge in [0.2, 0.25) is 0 Å². The van der Waals surface area contributed by atoms with Crippen molar-refractivity contribution < 1.29 is 56.1 Å². The van der Waals surface area contributed by atoms with Crippen LogP contribution in [-0.4, -0.2) is 22.4 Å². The molecule has 21 heavy (non-hydrogen) atoms. The van der Waals surface area contributed by atoms with Crippen molar-refractivity contribution in [2.75, 3.05) is 0 Å². The third-order valence-electron chi connectivity index (χ3n) is 3.79. The summed E-state index contributed by atoms with van der Waals surface area (Å²) in [6.07, 6.45) is 7.10. The van der Waals surface area contributed by atoms with E-state index in [-0.39, 0.29) is 69.9 Å². The summed E-state index contributed by atoms with van der Waals surface area (Å²) in [5.41, 5.74) is 0. The average molecular weight is 516 g/mol. The van der Waals surface area contributed by atoms with E-state index < -0.39 is 0 Å². The first kappa shape index (κ1) is 26.1. The number of nitrogens with zero attached hydrogens (tertiary/aromatic N) is 2. The van der Waals surface area contributed by atoms with Crippen LogP contribution >= 0.6 is 0 Å². The molecule has 0 heterocycles. The smallest absolute Gasteiger partial charge is 1.00 e. The molecule has 0 spiro atoms. The molecule has 2 aliphatic rings. The van der Waals surface area contributed by atoms with Gasteiger partial charge in [-0.2, -0.15) is 10.5 Å². The molecule has 4 atom stereocenters. The van der Waals surface area contributed by atoms with Crippen molar-refractivity contribution in [1.29, 1.82) is 10.5 Å². The zero-order valence-electron chi connectivity index (χ0n) is 11.8. The molecule has 2 N–H and O–H groups in total. The molecular formula is C14H22Cl2N2O2Pt. The maximum atomic E-state index is 9.15. The third-order valence-corrected chi connectivity index (χ3v) is 3.79. The van der Waals surface area contributed by atoms with Gasteiger partial charge in [-0.3, -0.25) is 0 Å². The van der Waals surface area contributed by atoms with E-state index in [4.69, 9.17) is 20.7 Å². The van der Waals surface area contributed by atoms with Crippen LogP contribution in [0.2, 0.25) is 0 Å². The van der Waals surface area contributed by atoms with Crippen molar-refractivity contribution in [3.8, 4) is 12.1 Å². The Morgan fingerprint density at radius 1 is 0.667 bits per heavy atom. The van der Waals surface area contributed by atoms with Crippen LogP contribution in [0, 0.1) is 34.5 Å². The zero-order valence-corrected chi connectivity index (χ0v) is 15.6. The van der Waals surface area contributed by atoms with Crippen LogP contribution < -0.4 is 24.8 Å². The van der Waals surface area contributed by atoms with Gasteiger partial charge >= 0.3 is 21.1 Å². The Hall–Kier alpha value is 0.168. The van der Waals surface area contributed by atoms with Crippen molar-refractivity contribution in [1.82, 2.24) is 0 Å². The van der Waals surface area contributed by atoms with Crippen LogP contribution in [0.5, 0.6) is 0 Å². The monoisotopic (exact) mass is 515 g/mol. The topological polar surface area (TPSA) is 88.0 Å². The minimum atomic E-state index is -0.344. The molecule has 0 saturated heterocycles. The molecular weight excluding hydrogens is 494 g/mol. The van der Waals surface area contributed by atoms with E-state index >= 15 is 0 Å². The molecule has 2 saturated carbocycles. The van der Waals surface area contributed by atoms with E-state index in [1.807, 2.05) is 0 Å². The van der Waals surface area contributed by atoms with Gasteiger partial charge in [-0.05, 0) is 25.7 Å². The van der Waals surface area contributed by atoms with Crippen LogP contribution in [0.4, 0.5) is 0 Å². The molecule has 2 fully saturated rings. The van der Waals surface area contributed by atoms with Gasteiger partial charge in [0.1, 0.15) is 0 Å². The minimum absolute atomic E-state index is 0. The largest absolute Gasteiger partial charge is 2.00 e. The van der Waals surface area contributed by atoms with Gasteiger partial charge in [-0.15, -0.1) is 0 Å². The fourth-order valence-electron chi connectivity index (χ4n) is 2.52. The second-order valence-electron chi connectivity index (χ2n) is 5.17. The molecule has 4 nitrogen and oxygen atoms in total. The number of halogens is 2. The molecule has 0 amide bonds. The summed E-state index contributed by atoms with van der Waals surface area (Å²) >= 11 is 0. The predicted octanol–water partition coefficient (Wildman–Crippen LogP) is -3.87. The van der Waals surface area contributed by atoms with E-state index in [0.29, 0.717) is 0 Å². The molecule has 0 bridgehead atoms. The fraction of sp³-hybridized carbons (Fsp3) is 0.857. The SMILES string of the molecule is N#CC1CCCCC1O.N#CC1CCCCC1O.[Cl-].[Cl-].[Pt+2]. The predicted molar refractivity (Wildman–Crippen MR) is 67.2 cm³/mol. The van der Waals surface area contributed by atoms with Crippen LogP contribution in [0.25, 0.3) is 0 Å². The van der Waals surface area contributed by atoms with Gasteiger partial charge in [0.25, 0.3) is 0 Å². The summed E-state index contributed by atoms with van der Waals surface area (Å²) in [5.74, 6) is -0.169. The van der Waals surface area contributed by atoms with Crippen LogP contribution in [0.3, 0.4) is 0 Å². The van der Waals surface area contributed by atoms with Gasteiger partial charge < -0.3 is 35.0 Å². The Labute approximate surface area is 154 Å². The number of aliphatic hydroxyl groups excluding tert-OH is 2. The molecule has 7 heteroatoms. The van der Waals surface area contributed by atoms with Crippen molar-refractivity contribution in [3.63, 3.8) is 0 Å². The molecule has 0 aromatic heterocycles. The van der Waals surface area contributed by atoms with Gasteiger partial charge in [0.15, 0.2) is 0 Å². The van der Waals surface area contributed by atoms with Gasteiger partial charge in [-0.25, -0.2) is 0 Å². The van der Waals surface area contributed by atoms with Gasteiger partial charge in [0.05, 0.1) is 36.2 Å². The second kappa shape index (κ2) is 15.1. The van der Waals surface area contributed by atoms with E-state index in [0.717, 1.165) is 51.4 Å². The molecule has 2 rings (SSSR count). The van der Waals surface area contributed by atoms with Crippen LogP contribution in [0.15, 0.2) is 0 Å². The van der Waals surface area contributed by atoms with Gasteiger partial charge in [0, 0.05) is 0 Å². The van der Waals surface area contributed by atoms with E-state index in [1.54, 1.807) is 0 Å². The standard InChI is InChI=1S/2C7H11NO.2ClH.Pt/c2*8-5-6-3-1-2-4-7(6)9;;;/h2*6-7,9H,1-4H2;2*1H;/q;;;;+2/p-2. The zero-order chi connectivity index (χ0) is 13.4. The first-order chi connectivity index (χ1) is 8.69. The van der Waals surface area contributed by atoms with Crippen molar-refractivity contribution in [3.05, 3.63) is 0 Å². The summed E-state index contributed by atoms with van der Waals surface area (Å²) in [6.45, 7) is 0. The number of nitriles is 2. The second-order valence-corrected chi connectivity index (χ2v) is 5.17. The normalized spacial score (nSPS) is 30.5. The van der Waals surface area contributed by atoms with Crippen molar-refractivity contribution >= 4 is 0 Å². The number of hydrogen-bond donors (Lipinski definition) is 2. The number of hydrogen-bond acceptors (Lipinski definition) is 4. The van der Waals surface area contributed by atoms with Crippen LogP contribution in [0.1, 0.15) is 51.4 Å². The Kier molecular flexibility index (Phi) is 18.7. The van der Waals surface area contributed by atoms with Crippen molar-refractivity contribution in [2.45, 2.75) is 63.6 Å². The summed E-state index contributed by atoms with van der Waals surface area (Å²) in [7, 11) is 0. The molecule has 0 aromatic rings. The van der Waals surface area contributed by atoms with Gasteiger partial charge in [-0.1, -0.05) is 25.7 Å². The molecule has 2 aliphatic carbocycles. The first-order valence-corrected chi connectivity index (χ1v) is 6.84. The number of rotatable bonds is 0. The summed E-state index contributed by atoms with van der Waals surface area (Å²) in [6, 6.07) is 4.21. The maximum Gasteiger partial charge on any atom is 2.00 e. The molecule has 0 aromatic carbocycles. The Balaban J connectivity index is -0.000000270. The quantitative estimate of drug-likeness (QED) is 0.345. The summed E-state index contributed by atoms with van der Waals surface area (Å²) < 4.78 is 0. The Bertz CT molecular complexity index is 302. The van der Waals surface area contributed by atoms with E-state index in [2.05, 4.69) is 12.1 Å². The van der Waals surface area contributed by atoms with Crippen LogP contribution in [-0.2, 0) is 21.1 Å². The third kappa shape index (κ3) is 9.72.